The summed E-state index contributed by atoms with van der Waals surface area (Å²) < 4.78 is 26.4. The zero-order chi connectivity index (χ0) is 10.9. The molecular formula is H7O10P3. The summed E-state index contributed by atoms with van der Waals surface area (Å²) in [5, 5.41) is 0. The minimum atomic E-state index is -5.50. The molecule has 0 spiro atoms. The van der Waals surface area contributed by atoms with Crippen LogP contribution in [0, 0.1) is 0 Å². The topological polar surface area (TPSA) is 174 Å². The third-order valence-electron chi connectivity index (χ3n) is 0.476. The average Bonchev–Trinajstić information content (AvgIpc) is 1.43. The first-order valence-corrected chi connectivity index (χ1v) is 7.16. The minimum absolute atomic E-state index is 3.20. The van der Waals surface area contributed by atoms with Gasteiger partial charge in [-0.1, -0.05) is 0 Å². The Hall–Kier alpha value is 0.570. The number of phosphoric acid groups is 2. The first kappa shape index (κ1) is 13.6. The summed E-state index contributed by atoms with van der Waals surface area (Å²) in [4.78, 5) is 49.0. The van der Waals surface area contributed by atoms with E-state index in [0.29, 0.717) is 0 Å². The van der Waals surface area contributed by atoms with E-state index in [9.17, 15) is 9.13 Å². The van der Waals surface area contributed by atoms with Gasteiger partial charge in [-0.2, -0.15) is 0 Å². The molecule has 0 aliphatic rings. The molecule has 13 heavy (non-hydrogen) atoms. The Morgan fingerprint density at radius 3 is 1.23 bits per heavy atom. The summed E-state index contributed by atoms with van der Waals surface area (Å²) in [5.41, 5.74) is 0. The molecule has 0 aliphatic carbocycles. The molecule has 0 atom stereocenters. The van der Waals surface area contributed by atoms with Gasteiger partial charge in [0.2, 0.25) is 0 Å². The van der Waals surface area contributed by atoms with Crippen molar-refractivity contribution >= 4 is 23.8 Å². The van der Waals surface area contributed by atoms with Crippen LogP contribution in [0.5, 0.6) is 0 Å². The second kappa shape index (κ2) is 3.98. The molecule has 0 saturated heterocycles. The van der Waals surface area contributed by atoms with Gasteiger partial charge in [-0.15, -0.1) is 0 Å². The van der Waals surface area contributed by atoms with Crippen LogP contribution >= 0.6 is 23.8 Å². The standard InChI is InChI=1S/H7O10P3/c1-11(2,3)9-13(7,8)10-12(4,5)6/h7-8,13H,(H2,1,2,3)(H2,4,5,6). The number of hydrogen-bond acceptors (Lipinski definition) is 6. The van der Waals surface area contributed by atoms with E-state index in [0.717, 1.165) is 0 Å². The molecule has 0 saturated carbocycles. The average molecular weight is 260 g/mol. The summed E-state index contributed by atoms with van der Waals surface area (Å²) in [5.74, 6) is 0. The second-order valence-corrected chi connectivity index (χ2v) is 6.23. The molecular weight excluding hydrogens is 253 g/mol. The number of rotatable bonds is 4. The van der Waals surface area contributed by atoms with Crippen molar-refractivity contribution in [3.8, 4) is 0 Å². The summed E-state index contributed by atoms with van der Waals surface area (Å²) >= 11 is 0. The van der Waals surface area contributed by atoms with E-state index in [4.69, 9.17) is 29.4 Å². The third-order valence-corrected chi connectivity index (χ3v) is 4.28. The summed E-state index contributed by atoms with van der Waals surface area (Å²) in [7, 11) is -16.1. The quantitative estimate of drug-likeness (QED) is 0.329. The van der Waals surface area contributed by atoms with E-state index in [1.165, 1.54) is 0 Å². The van der Waals surface area contributed by atoms with Crippen LogP contribution in [0.15, 0.2) is 0 Å². The van der Waals surface area contributed by atoms with E-state index in [-0.39, 0.29) is 0 Å². The van der Waals surface area contributed by atoms with Crippen molar-refractivity contribution in [2.75, 3.05) is 0 Å². The van der Waals surface area contributed by atoms with Crippen LogP contribution < -0.4 is 0 Å². The van der Waals surface area contributed by atoms with Gasteiger partial charge in [-0.25, -0.2) is 0 Å². The predicted molar refractivity (Wildman–Crippen MR) is 39.0 cm³/mol. The van der Waals surface area contributed by atoms with Crippen LogP contribution in [-0.4, -0.2) is 29.4 Å². The zero-order valence-electron chi connectivity index (χ0n) is 5.71. The Morgan fingerprint density at radius 2 is 1.08 bits per heavy atom. The Balaban J connectivity index is 4.43. The molecule has 0 radical (unpaired) electrons. The molecule has 13 heteroatoms. The van der Waals surface area contributed by atoms with Gasteiger partial charge in [0, 0.05) is 0 Å². The van der Waals surface area contributed by atoms with Crippen molar-refractivity contribution in [3.63, 3.8) is 0 Å². The summed E-state index contributed by atoms with van der Waals surface area (Å²) in [6.45, 7) is 0. The van der Waals surface area contributed by atoms with Crippen molar-refractivity contribution < 1.29 is 47.1 Å². The van der Waals surface area contributed by atoms with E-state index < -0.39 is 23.8 Å². The summed E-state index contributed by atoms with van der Waals surface area (Å²) in [6.07, 6.45) is 0. The van der Waals surface area contributed by atoms with Crippen LogP contribution in [-0.2, 0) is 17.8 Å². The van der Waals surface area contributed by atoms with Gasteiger partial charge < -0.3 is 0 Å². The number of hydrogen-bond donors (Lipinski definition) is 6. The fourth-order valence-corrected chi connectivity index (χ4v) is 3.24. The zero-order valence-corrected chi connectivity index (χ0v) is 8.50. The molecule has 0 bridgehead atoms. The van der Waals surface area contributed by atoms with Gasteiger partial charge in [0.25, 0.3) is 0 Å². The molecule has 10 nitrogen and oxygen atoms in total. The first-order valence-electron chi connectivity index (χ1n) is 2.39. The molecule has 0 aromatic carbocycles. The summed E-state index contributed by atoms with van der Waals surface area (Å²) in [6, 6.07) is 0. The predicted octanol–water partition coefficient (Wildman–Crippen LogP) is -1.40. The fourth-order valence-electron chi connectivity index (χ4n) is 0.326. The van der Waals surface area contributed by atoms with E-state index in [1.54, 1.807) is 0 Å². The second-order valence-electron chi connectivity index (χ2n) is 1.71. The van der Waals surface area contributed by atoms with Gasteiger partial charge in [0.15, 0.2) is 0 Å². The van der Waals surface area contributed by atoms with Gasteiger partial charge in [-0.05, 0) is 0 Å². The Kier molecular flexibility index (Phi) is 4.15. The van der Waals surface area contributed by atoms with Gasteiger partial charge in [-0.3, -0.25) is 0 Å². The van der Waals surface area contributed by atoms with E-state index in [2.05, 4.69) is 8.62 Å². The Bertz CT molecular complexity index is 225. The monoisotopic (exact) mass is 260 g/mol. The Labute approximate surface area is 71.9 Å². The van der Waals surface area contributed by atoms with Crippen molar-refractivity contribution in [3.05, 3.63) is 0 Å². The molecule has 0 aliphatic heterocycles. The van der Waals surface area contributed by atoms with Crippen LogP contribution in [0.2, 0.25) is 0 Å². The normalized spacial score (nSPS) is 15.8. The molecule has 0 amide bonds. The van der Waals surface area contributed by atoms with Gasteiger partial charge in [0.1, 0.15) is 0 Å². The van der Waals surface area contributed by atoms with Crippen molar-refractivity contribution in [1.82, 2.24) is 0 Å². The maximum atomic E-state index is 9.99. The van der Waals surface area contributed by atoms with Crippen LogP contribution in [0.3, 0.4) is 0 Å². The molecule has 0 rings (SSSR count). The van der Waals surface area contributed by atoms with Gasteiger partial charge >= 0.3 is 70.9 Å². The Morgan fingerprint density at radius 1 is 0.846 bits per heavy atom. The molecule has 0 fully saturated rings. The molecule has 82 valence electrons. The molecule has 0 aromatic heterocycles. The van der Waals surface area contributed by atoms with Crippen LogP contribution in [0.1, 0.15) is 0 Å². The molecule has 0 unspecified atom stereocenters. The van der Waals surface area contributed by atoms with Crippen molar-refractivity contribution in [2.45, 2.75) is 0 Å². The molecule has 0 heterocycles. The van der Waals surface area contributed by atoms with E-state index in [1.807, 2.05) is 0 Å². The molecule has 0 aromatic rings. The maximum absolute atomic E-state index is 9.99. The van der Waals surface area contributed by atoms with Crippen molar-refractivity contribution in [1.29, 1.82) is 0 Å². The van der Waals surface area contributed by atoms with Crippen molar-refractivity contribution in [2.24, 2.45) is 0 Å². The SMILES string of the molecule is O=P(O)(O)O[PH](O)(O)OP(=O)(O)O. The third kappa shape index (κ3) is 8.89. The molecule has 6 N–H and O–H groups in total. The van der Waals surface area contributed by atoms with Gasteiger partial charge in [0.05, 0.1) is 0 Å². The van der Waals surface area contributed by atoms with Crippen LogP contribution in [0.25, 0.3) is 0 Å². The first-order chi connectivity index (χ1) is 5.41. The van der Waals surface area contributed by atoms with E-state index >= 15 is 0 Å². The van der Waals surface area contributed by atoms with Crippen LogP contribution in [0.4, 0.5) is 0 Å². The fraction of sp³-hybridized carbons (Fsp3) is 0.